The number of hydrogen-bond acceptors (Lipinski definition) is 3. The summed E-state index contributed by atoms with van der Waals surface area (Å²) in [4.78, 5) is 24.7. The summed E-state index contributed by atoms with van der Waals surface area (Å²) in [5, 5.41) is 5.90. The maximum absolute atomic E-state index is 12.8. The molecule has 0 aromatic heterocycles. The molecule has 0 saturated heterocycles. The Morgan fingerprint density at radius 3 is 2.36 bits per heavy atom. The molecule has 5 heteroatoms. The van der Waals surface area contributed by atoms with Gasteiger partial charge in [0.25, 0.3) is 5.91 Å². The molecule has 2 N–H and O–H groups in total. The molecule has 0 heterocycles. The number of amides is 2. The Labute approximate surface area is 166 Å². The first kappa shape index (κ1) is 19.9. The second kappa shape index (κ2) is 8.91. The van der Waals surface area contributed by atoms with Crippen LogP contribution in [0.2, 0.25) is 0 Å². The van der Waals surface area contributed by atoms with Crippen molar-refractivity contribution in [1.29, 1.82) is 0 Å². The van der Waals surface area contributed by atoms with E-state index in [-0.39, 0.29) is 17.7 Å². The summed E-state index contributed by atoms with van der Waals surface area (Å²) >= 11 is 0. The van der Waals surface area contributed by atoms with E-state index in [4.69, 9.17) is 4.74 Å². The quantitative estimate of drug-likeness (QED) is 0.731. The standard InChI is InChI=1S/C23H28N2O3/c1-15(2)22(28-20-7-5-4-6-16(20)3)23(27)25-19-10-8-17(9-11-19)14-21(26)24-18-12-13-18/h4-11,15,18,22H,12-14H2,1-3H3,(H,24,26)(H,25,27). The third kappa shape index (κ3) is 5.59. The number of para-hydroxylation sites is 1. The van der Waals surface area contributed by atoms with Crippen LogP contribution in [0, 0.1) is 12.8 Å². The van der Waals surface area contributed by atoms with E-state index >= 15 is 0 Å². The SMILES string of the molecule is Cc1ccccc1OC(C(=O)Nc1ccc(CC(=O)NC2CC2)cc1)C(C)C. The van der Waals surface area contributed by atoms with Crippen LogP contribution in [0.1, 0.15) is 37.8 Å². The summed E-state index contributed by atoms with van der Waals surface area (Å²) in [6, 6.07) is 15.4. The number of anilines is 1. The lowest BCUT2D eigenvalue weighted by Crippen LogP contribution is -2.37. The van der Waals surface area contributed by atoms with Crippen LogP contribution in [0.4, 0.5) is 5.69 Å². The molecule has 0 bridgehead atoms. The van der Waals surface area contributed by atoms with Gasteiger partial charge >= 0.3 is 0 Å². The van der Waals surface area contributed by atoms with Gasteiger partial charge in [-0.1, -0.05) is 44.2 Å². The highest BCUT2D eigenvalue weighted by Gasteiger charge is 2.25. The highest BCUT2D eigenvalue weighted by atomic mass is 16.5. The highest BCUT2D eigenvalue weighted by Crippen LogP contribution is 2.22. The van der Waals surface area contributed by atoms with Gasteiger partial charge < -0.3 is 15.4 Å². The van der Waals surface area contributed by atoms with E-state index in [1.165, 1.54) is 0 Å². The number of hydrogen-bond donors (Lipinski definition) is 2. The van der Waals surface area contributed by atoms with Gasteiger partial charge in [-0.05, 0) is 55.0 Å². The molecule has 1 unspecified atom stereocenters. The zero-order chi connectivity index (χ0) is 20.1. The van der Waals surface area contributed by atoms with Crippen molar-refractivity contribution in [1.82, 2.24) is 5.32 Å². The number of ether oxygens (including phenoxy) is 1. The van der Waals surface area contributed by atoms with Crippen LogP contribution in [0.5, 0.6) is 5.75 Å². The molecule has 3 rings (SSSR count). The number of nitrogens with one attached hydrogen (secondary N) is 2. The van der Waals surface area contributed by atoms with Crippen LogP contribution >= 0.6 is 0 Å². The van der Waals surface area contributed by atoms with Crippen molar-refractivity contribution in [2.45, 2.75) is 52.2 Å². The smallest absolute Gasteiger partial charge is 0.265 e. The molecule has 0 radical (unpaired) electrons. The lowest BCUT2D eigenvalue weighted by atomic mass is 10.1. The van der Waals surface area contributed by atoms with E-state index in [9.17, 15) is 9.59 Å². The fourth-order valence-corrected chi connectivity index (χ4v) is 2.93. The van der Waals surface area contributed by atoms with Crippen molar-refractivity contribution in [3.8, 4) is 5.75 Å². The van der Waals surface area contributed by atoms with E-state index in [0.29, 0.717) is 23.9 Å². The van der Waals surface area contributed by atoms with Gasteiger partial charge in [0.2, 0.25) is 5.91 Å². The van der Waals surface area contributed by atoms with Crippen molar-refractivity contribution in [3.05, 3.63) is 59.7 Å². The molecule has 148 valence electrons. The topological polar surface area (TPSA) is 67.4 Å². The van der Waals surface area contributed by atoms with Crippen LogP contribution in [-0.4, -0.2) is 24.0 Å². The average Bonchev–Trinajstić information content (AvgIpc) is 3.46. The summed E-state index contributed by atoms with van der Waals surface area (Å²) < 4.78 is 5.99. The number of carbonyl (C=O) groups is 2. The Morgan fingerprint density at radius 1 is 1.07 bits per heavy atom. The molecular weight excluding hydrogens is 352 g/mol. The van der Waals surface area contributed by atoms with Crippen molar-refractivity contribution in [3.63, 3.8) is 0 Å². The van der Waals surface area contributed by atoms with Gasteiger partial charge in [-0.25, -0.2) is 0 Å². The van der Waals surface area contributed by atoms with Gasteiger partial charge in [0.1, 0.15) is 5.75 Å². The number of carbonyl (C=O) groups excluding carboxylic acids is 2. The summed E-state index contributed by atoms with van der Waals surface area (Å²) in [6.45, 7) is 5.89. The molecular formula is C23H28N2O3. The number of rotatable bonds is 8. The molecule has 2 aromatic carbocycles. The van der Waals surface area contributed by atoms with E-state index in [2.05, 4.69) is 10.6 Å². The summed E-state index contributed by atoms with van der Waals surface area (Å²) in [5.41, 5.74) is 2.61. The van der Waals surface area contributed by atoms with E-state index in [1.54, 1.807) is 0 Å². The minimum absolute atomic E-state index is 0.0185. The second-order valence-corrected chi connectivity index (χ2v) is 7.75. The van der Waals surface area contributed by atoms with Gasteiger partial charge in [0.05, 0.1) is 6.42 Å². The summed E-state index contributed by atoms with van der Waals surface area (Å²) in [6.07, 6.45) is 1.93. The molecule has 1 aliphatic carbocycles. The second-order valence-electron chi connectivity index (χ2n) is 7.75. The Kier molecular flexibility index (Phi) is 6.34. The minimum atomic E-state index is -0.593. The van der Waals surface area contributed by atoms with Gasteiger partial charge in [-0.2, -0.15) is 0 Å². The van der Waals surface area contributed by atoms with Crippen LogP contribution in [-0.2, 0) is 16.0 Å². The lowest BCUT2D eigenvalue weighted by Gasteiger charge is -2.23. The van der Waals surface area contributed by atoms with Gasteiger partial charge in [0, 0.05) is 11.7 Å². The molecule has 28 heavy (non-hydrogen) atoms. The molecule has 0 aliphatic heterocycles. The normalized spacial score (nSPS) is 14.4. The van der Waals surface area contributed by atoms with Crippen molar-refractivity contribution in [2.24, 2.45) is 5.92 Å². The zero-order valence-corrected chi connectivity index (χ0v) is 16.7. The monoisotopic (exact) mass is 380 g/mol. The fraction of sp³-hybridized carbons (Fsp3) is 0.391. The van der Waals surface area contributed by atoms with Crippen LogP contribution in [0.15, 0.2) is 48.5 Å². The lowest BCUT2D eigenvalue weighted by molar-refractivity contribution is -0.124. The first-order valence-electron chi connectivity index (χ1n) is 9.84. The molecule has 1 saturated carbocycles. The molecule has 2 aromatic rings. The summed E-state index contributed by atoms with van der Waals surface area (Å²) in [7, 11) is 0. The van der Waals surface area contributed by atoms with Crippen LogP contribution in [0.3, 0.4) is 0 Å². The molecule has 1 atom stereocenters. The predicted molar refractivity (Wildman–Crippen MR) is 110 cm³/mol. The first-order valence-corrected chi connectivity index (χ1v) is 9.84. The average molecular weight is 380 g/mol. The van der Waals surface area contributed by atoms with Crippen molar-refractivity contribution >= 4 is 17.5 Å². The maximum atomic E-state index is 12.8. The molecule has 0 spiro atoms. The van der Waals surface area contributed by atoms with E-state index < -0.39 is 6.10 Å². The van der Waals surface area contributed by atoms with Gasteiger partial charge in [-0.3, -0.25) is 9.59 Å². The molecule has 1 aliphatic rings. The maximum Gasteiger partial charge on any atom is 0.265 e. The van der Waals surface area contributed by atoms with E-state index in [1.807, 2.05) is 69.3 Å². The van der Waals surface area contributed by atoms with Gasteiger partial charge in [-0.15, -0.1) is 0 Å². The zero-order valence-electron chi connectivity index (χ0n) is 16.7. The van der Waals surface area contributed by atoms with Crippen molar-refractivity contribution < 1.29 is 14.3 Å². The predicted octanol–water partition coefficient (Wildman–Crippen LogP) is 3.86. The largest absolute Gasteiger partial charge is 0.480 e. The van der Waals surface area contributed by atoms with Crippen molar-refractivity contribution in [2.75, 3.05) is 5.32 Å². The van der Waals surface area contributed by atoms with Crippen LogP contribution in [0.25, 0.3) is 0 Å². The summed E-state index contributed by atoms with van der Waals surface area (Å²) in [5.74, 6) is 0.599. The molecule has 5 nitrogen and oxygen atoms in total. The fourth-order valence-electron chi connectivity index (χ4n) is 2.93. The highest BCUT2D eigenvalue weighted by molar-refractivity contribution is 5.94. The third-order valence-electron chi connectivity index (χ3n) is 4.74. The number of aryl methyl sites for hydroxylation is 1. The van der Waals surface area contributed by atoms with Gasteiger partial charge in [0.15, 0.2) is 6.10 Å². The Bertz CT molecular complexity index is 826. The molecule has 2 amide bonds. The number of benzene rings is 2. The first-order chi connectivity index (χ1) is 13.4. The Morgan fingerprint density at radius 2 is 1.75 bits per heavy atom. The van der Waals surface area contributed by atoms with Crippen LogP contribution < -0.4 is 15.4 Å². The third-order valence-corrected chi connectivity index (χ3v) is 4.74. The Balaban J connectivity index is 1.59. The van der Waals surface area contributed by atoms with E-state index in [0.717, 1.165) is 24.0 Å². The minimum Gasteiger partial charge on any atom is -0.480 e. The Hall–Kier alpha value is -2.82. The molecule has 1 fully saturated rings.